The van der Waals surface area contributed by atoms with E-state index in [0.717, 1.165) is 23.5 Å². The summed E-state index contributed by atoms with van der Waals surface area (Å²) in [6, 6.07) is 3.19. The fourth-order valence-corrected chi connectivity index (χ4v) is 4.18. The molecule has 2 N–H and O–H groups in total. The Morgan fingerprint density at radius 3 is 2.78 bits per heavy atom. The Kier molecular flexibility index (Phi) is 5.09. The number of rotatable bonds is 3. The minimum absolute atomic E-state index is 0.0806. The lowest BCUT2D eigenvalue weighted by molar-refractivity contribution is -0.137. The van der Waals surface area contributed by atoms with Crippen molar-refractivity contribution in [3.05, 3.63) is 46.5 Å². The van der Waals surface area contributed by atoms with Crippen molar-refractivity contribution in [1.82, 2.24) is 4.98 Å². The van der Waals surface area contributed by atoms with Crippen molar-refractivity contribution in [2.24, 2.45) is 5.92 Å². The summed E-state index contributed by atoms with van der Waals surface area (Å²) in [5.74, 6) is -0.930. The Hall–Kier alpha value is -1.90. The predicted octanol–water partition coefficient (Wildman–Crippen LogP) is 5.09. The zero-order chi connectivity index (χ0) is 20.0. The van der Waals surface area contributed by atoms with E-state index >= 15 is 0 Å². The van der Waals surface area contributed by atoms with Gasteiger partial charge >= 0.3 is 6.18 Å². The van der Waals surface area contributed by atoms with E-state index in [2.05, 4.69) is 10.3 Å². The number of carbonyl (C=O) groups excluding carboxylic acids is 1. The maximum Gasteiger partial charge on any atom is 0.416 e. The zero-order valence-electron chi connectivity index (χ0n) is 14.4. The van der Waals surface area contributed by atoms with Crippen molar-refractivity contribution in [3.63, 3.8) is 0 Å². The first-order valence-corrected chi connectivity index (χ1v) is 9.33. The monoisotopic (exact) mass is 416 g/mol. The molecular formula is C18H16ClF3N2O2S. The molecule has 1 heterocycles. The molecule has 0 spiro atoms. The van der Waals surface area contributed by atoms with Gasteiger partial charge in [0.25, 0.3) is 5.91 Å². The van der Waals surface area contributed by atoms with Gasteiger partial charge in [0.1, 0.15) is 0 Å². The SMILES string of the molecule is CCC1C=C(Cl)C=C(C(=O)Nc2nc3ccc(C(F)(F)F)cc3s2)C1(C)O. The fourth-order valence-electron chi connectivity index (χ4n) is 3.02. The van der Waals surface area contributed by atoms with E-state index in [1.807, 2.05) is 6.92 Å². The topological polar surface area (TPSA) is 62.2 Å². The first kappa shape index (κ1) is 19.9. The zero-order valence-corrected chi connectivity index (χ0v) is 16.0. The number of allylic oxidation sites excluding steroid dienone is 2. The number of halogens is 4. The molecule has 2 aromatic rings. The highest BCUT2D eigenvalue weighted by Crippen LogP contribution is 2.38. The molecular weight excluding hydrogens is 401 g/mol. The molecule has 1 aliphatic carbocycles. The van der Waals surface area contributed by atoms with E-state index in [1.54, 1.807) is 6.08 Å². The lowest BCUT2D eigenvalue weighted by Crippen LogP contribution is -2.42. The largest absolute Gasteiger partial charge is 0.416 e. The quantitative estimate of drug-likeness (QED) is 0.732. The molecule has 0 saturated carbocycles. The summed E-state index contributed by atoms with van der Waals surface area (Å²) >= 11 is 6.99. The lowest BCUT2D eigenvalue weighted by Gasteiger charge is -2.34. The van der Waals surface area contributed by atoms with Crippen LogP contribution in [0.4, 0.5) is 18.3 Å². The molecule has 27 heavy (non-hydrogen) atoms. The van der Waals surface area contributed by atoms with Gasteiger partial charge in [-0.2, -0.15) is 13.2 Å². The number of aromatic nitrogens is 1. The van der Waals surface area contributed by atoms with E-state index in [1.165, 1.54) is 19.1 Å². The number of thiazole rings is 1. The van der Waals surface area contributed by atoms with Crippen molar-refractivity contribution in [2.75, 3.05) is 5.32 Å². The van der Waals surface area contributed by atoms with Gasteiger partial charge in [0.05, 0.1) is 27.0 Å². The summed E-state index contributed by atoms with van der Waals surface area (Å²) in [5, 5.41) is 13.8. The second kappa shape index (κ2) is 6.92. The summed E-state index contributed by atoms with van der Waals surface area (Å²) < 4.78 is 38.8. The molecule has 2 atom stereocenters. The number of nitrogens with zero attached hydrogens (tertiary/aromatic N) is 1. The number of amides is 1. The number of nitrogens with one attached hydrogen (secondary N) is 1. The molecule has 144 valence electrons. The number of alkyl halides is 3. The van der Waals surface area contributed by atoms with Crippen LogP contribution in [0.1, 0.15) is 25.8 Å². The third-order valence-corrected chi connectivity index (χ3v) is 5.70. The van der Waals surface area contributed by atoms with Crippen LogP contribution in [-0.2, 0) is 11.0 Å². The van der Waals surface area contributed by atoms with Crippen LogP contribution in [0.5, 0.6) is 0 Å². The van der Waals surface area contributed by atoms with E-state index < -0.39 is 23.2 Å². The average molecular weight is 417 g/mol. The molecule has 2 unspecified atom stereocenters. The van der Waals surface area contributed by atoms with E-state index in [-0.39, 0.29) is 16.6 Å². The molecule has 0 saturated heterocycles. The van der Waals surface area contributed by atoms with Gasteiger partial charge in [-0.1, -0.05) is 35.9 Å². The number of anilines is 1. The average Bonchev–Trinajstić information content (AvgIpc) is 2.96. The van der Waals surface area contributed by atoms with Crippen LogP contribution < -0.4 is 5.32 Å². The van der Waals surface area contributed by atoms with Crippen molar-refractivity contribution in [3.8, 4) is 0 Å². The lowest BCUT2D eigenvalue weighted by atomic mass is 9.77. The molecule has 1 amide bonds. The molecule has 1 aliphatic rings. The number of aliphatic hydroxyl groups is 1. The minimum Gasteiger partial charge on any atom is -0.385 e. The highest BCUT2D eigenvalue weighted by Gasteiger charge is 2.39. The third-order valence-electron chi connectivity index (χ3n) is 4.53. The molecule has 0 bridgehead atoms. The Bertz CT molecular complexity index is 963. The Morgan fingerprint density at radius 1 is 1.44 bits per heavy atom. The maximum absolute atomic E-state index is 12.8. The Labute approximate surface area is 162 Å². The third kappa shape index (κ3) is 3.88. The molecule has 0 aliphatic heterocycles. The van der Waals surface area contributed by atoms with Crippen LogP contribution in [0.25, 0.3) is 10.2 Å². The molecule has 9 heteroatoms. The van der Waals surface area contributed by atoms with Gasteiger partial charge in [0.15, 0.2) is 5.13 Å². The molecule has 1 aromatic carbocycles. The van der Waals surface area contributed by atoms with Crippen LogP contribution in [-0.4, -0.2) is 21.6 Å². The molecule has 4 nitrogen and oxygen atoms in total. The molecule has 0 fully saturated rings. The predicted molar refractivity (Wildman–Crippen MR) is 99.7 cm³/mol. The minimum atomic E-state index is -4.45. The van der Waals surface area contributed by atoms with E-state index in [4.69, 9.17) is 11.6 Å². The Morgan fingerprint density at radius 2 is 2.15 bits per heavy atom. The van der Waals surface area contributed by atoms with Crippen LogP contribution in [0.2, 0.25) is 0 Å². The van der Waals surface area contributed by atoms with Crippen LogP contribution in [0, 0.1) is 5.92 Å². The van der Waals surface area contributed by atoms with Crippen molar-refractivity contribution in [2.45, 2.75) is 32.0 Å². The van der Waals surface area contributed by atoms with Crippen LogP contribution in [0.3, 0.4) is 0 Å². The molecule has 3 rings (SSSR count). The second-order valence-electron chi connectivity index (χ2n) is 6.43. The maximum atomic E-state index is 12.8. The van der Waals surface area contributed by atoms with Gasteiger partial charge < -0.3 is 5.11 Å². The van der Waals surface area contributed by atoms with Gasteiger partial charge in [-0.15, -0.1) is 0 Å². The van der Waals surface area contributed by atoms with Crippen molar-refractivity contribution < 1.29 is 23.1 Å². The number of hydrogen-bond donors (Lipinski definition) is 2. The summed E-state index contributed by atoms with van der Waals surface area (Å²) in [5.41, 5.74) is -1.77. The smallest absolute Gasteiger partial charge is 0.385 e. The summed E-state index contributed by atoms with van der Waals surface area (Å²) in [7, 11) is 0. The molecule has 1 aromatic heterocycles. The normalized spacial score (nSPS) is 23.1. The highest BCUT2D eigenvalue weighted by molar-refractivity contribution is 7.22. The Balaban J connectivity index is 1.89. The second-order valence-corrected chi connectivity index (χ2v) is 7.89. The first-order chi connectivity index (χ1) is 12.5. The molecule has 0 radical (unpaired) electrons. The summed E-state index contributed by atoms with van der Waals surface area (Å²) in [6.45, 7) is 3.40. The van der Waals surface area contributed by atoms with Gasteiger partial charge in [-0.25, -0.2) is 4.98 Å². The highest BCUT2D eigenvalue weighted by atomic mass is 35.5. The van der Waals surface area contributed by atoms with Crippen LogP contribution >= 0.6 is 22.9 Å². The fraction of sp³-hybridized carbons (Fsp3) is 0.333. The van der Waals surface area contributed by atoms with Gasteiger partial charge in [0.2, 0.25) is 0 Å². The van der Waals surface area contributed by atoms with Crippen molar-refractivity contribution in [1.29, 1.82) is 0 Å². The first-order valence-electron chi connectivity index (χ1n) is 8.13. The van der Waals surface area contributed by atoms with Gasteiger partial charge in [-0.3, -0.25) is 10.1 Å². The van der Waals surface area contributed by atoms with Crippen molar-refractivity contribution >= 4 is 44.2 Å². The summed E-state index contributed by atoms with van der Waals surface area (Å²) in [6.07, 6.45) is -0.798. The van der Waals surface area contributed by atoms with Gasteiger partial charge in [-0.05, 0) is 37.6 Å². The van der Waals surface area contributed by atoms with E-state index in [9.17, 15) is 23.1 Å². The standard InChI is InChI=1S/C18H16ClF3N2O2S/c1-3-9-6-11(19)8-12(17(9,2)26)15(25)24-16-23-13-5-4-10(18(20,21)22)7-14(13)27-16/h4-9,26H,3H2,1-2H3,(H,23,24,25). The number of hydrogen-bond acceptors (Lipinski definition) is 4. The number of benzene rings is 1. The summed E-state index contributed by atoms with van der Waals surface area (Å²) in [4.78, 5) is 16.8. The van der Waals surface area contributed by atoms with E-state index in [0.29, 0.717) is 21.7 Å². The van der Waals surface area contributed by atoms with Gasteiger partial charge in [0, 0.05) is 11.0 Å². The number of carbonyl (C=O) groups is 1. The number of fused-ring (bicyclic) bond motifs is 1. The van der Waals surface area contributed by atoms with Crippen LogP contribution in [0.15, 0.2) is 41.0 Å².